The van der Waals surface area contributed by atoms with Gasteiger partial charge in [-0.15, -0.1) is 0 Å². The van der Waals surface area contributed by atoms with Crippen molar-refractivity contribution in [3.05, 3.63) is 34.1 Å². The lowest BCUT2D eigenvalue weighted by molar-refractivity contribution is 0.166. The van der Waals surface area contributed by atoms with E-state index in [1.807, 2.05) is 6.07 Å². The number of nitrogens with one attached hydrogen (secondary N) is 1. The molecule has 1 aliphatic rings. The minimum atomic E-state index is -0.176. The summed E-state index contributed by atoms with van der Waals surface area (Å²) in [5, 5.41) is 3.43. The lowest BCUT2D eigenvalue weighted by atomic mass is 10.0. The van der Waals surface area contributed by atoms with Gasteiger partial charge in [0.2, 0.25) is 0 Å². The van der Waals surface area contributed by atoms with Gasteiger partial charge < -0.3 is 5.32 Å². The molecule has 1 saturated heterocycles. The molecule has 1 aromatic carbocycles. The molecular weight excluding hydrogens is 295 g/mol. The second kappa shape index (κ2) is 6.64. The Morgan fingerprint density at radius 2 is 2.33 bits per heavy atom. The van der Waals surface area contributed by atoms with Gasteiger partial charge in [0.05, 0.1) is 4.47 Å². The first-order valence-electron chi connectivity index (χ1n) is 6.59. The van der Waals surface area contributed by atoms with E-state index >= 15 is 0 Å². The van der Waals surface area contributed by atoms with Crippen LogP contribution in [-0.2, 0) is 6.54 Å². The Labute approximate surface area is 117 Å². The van der Waals surface area contributed by atoms with E-state index in [0.29, 0.717) is 10.5 Å². The highest BCUT2D eigenvalue weighted by molar-refractivity contribution is 9.10. The molecule has 1 aliphatic heterocycles. The Morgan fingerprint density at radius 3 is 2.94 bits per heavy atom. The molecule has 100 valence electrons. The maximum Gasteiger partial charge on any atom is 0.137 e. The van der Waals surface area contributed by atoms with Crippen LogP contribution in [0.4, 0.5) is 4.39 Å². The molecular formula is C14H20BrFN2. The molecule has 1 heterocycles. The fraction of sp³-hybridized carbons (Fsp3) is 0.571. The lowest BCUT2D eigenvalue weighted by Crippen LogP contribution is -2.45. The van der Waals surface area contributed by atoms with Gasteiger partial charge in [-0.05, 0) is 59.6 Å². The van der Waals surface area contributed by atoms with E-state index < -0.39 is 0 Å². The van der Waals surface area contributed by atoms with Gasteiger partial charge >= 0.3 is 0 Å². The predicted octanol–water partition coefficient (Wildman–Crippen LogP) is 3.16. The summed E-state index contributed by atoms with van der Waals surface area (Å²) in [5.74, 6) is -0.176. The van der Waals surface area contributed by atoms with Gasteiger partial charge in [-0.3, -0.25) is 4.90 Å². The first-order chi connectivity index (χ1) is 8.70. The minimum absolute atomic E-state index is 0.176. The summed E-state index contributed by atoms with van der Waals surface area (Å²) in [6.07, 6.45) is 2.47. The van der Waals surface area contributed by atoms with Crippen LogP contribution in [-0.4, -0.2) is 30.6 Å². The number of benzene rings is 1. The lowest BCUT2D eigenvalue weighted by Gasteiger charge is -2.34. The average Bonchev–Trinajstić information content (AvgIpc) is 2.41. The molecule has 1 atom stereocenters. The van der Waals surface area contributed by atoms with E-state index in [4.69, 9.17) is 0 Å². The quantitative estimate of drug-likeness (QED) is 0.918. The zero-order valence-corrected chi connectivity index (χ0v) is 12.3. The van der Waals surface area contributed by atoms with E-state index in [2.05, 4.69) is 33.1 Å². The Kier molecular flexibility index (Phi) is 5.15. The number of nitrogens with zero attached hydrogens (tertiary/aromatic N) is 1. The highest BCUT2D eigenvalue weighted by atomic mass is 79.9. The van der Waals surface area contributed by atoms with Crippen LogP contribution < -0.4 is 5.32 Å². The zero-order valence-electron chi connectivity index (χ0n) is 10.8. The molecule has 0 saturated carbocycles. The Balaban J connectivity index is 2.02. The van der Waals surface area contributed by atoms with Gasteiger partial charge in [0.25, 0.3) is 0 Å². The Morgan fingerprint density at radius 1 is 1.50 bits per heavy atom. The van der Waals surface area contributed by atoms with Crippen molar-refractivity contribution in [3.63, 3.8) is 0 Å². The third-order valence-corrected chi connectivity index (χ3v) is 4.21. The molecule has 2 rings (SSSR count). The number of halogens is 2. The van der Waals surface area contributed by atoms with Crippen molar-refractivity contribution in [2.75, 3.05) is 19.6 Å². The fourth-order valence-corrected chi connectivity index (χ4v) is 2.76. The van der Waals surface area contributed by atoms with E-state index in [0.717, 1.165) is 31.7 Å². The van der Waals surface area contributed by atoms with Crippen LogP contribution in [0, 0.1) is 5.82 Å². The van der Waals surface area contributed by atoms with Crippen LogP contribution in [0.5, 0.6) is 0 Å². The maximum atomic E-state index is 13.5. The van der Waals surface area contributed by atoms with Gasteiger partial charge in [-0.1, -0.05) is 13.0 Å². The van der Waals surface area contributed by atoms with Crippen molar-refractivity contribution < 1.29 is 4.39 Å². The van der Waals surface area contributed by atoms with Gasteiger partial charge in [0.1, 0.15) is 5.82 Å². The Bertz CT molecular complexity index is 391. The van der Waals surface area contributed by atoms with Crippen molar-refractivity contribution in [2.45, 2.75) is 32.4 Å². The molecule has 0 amide bonds. The topological polar surface area (TPSA) is 15.3 Å². The zero-order chi connectivity index (χ0) is 13.0. The highest BCUT2D eigenvalue weighted by Gasteiger charge is 2.19. The molecule has 0 aliphatic carbocycles. The summed E-state index contributed by atoms with van der Waals surface area (Å²) in [6, 6.07) is 5.99. The van der Waals surface area contributed by atoms with Crippen molar-refractivity contribution in [1.82, 2.24) is 10.2 Å². The summed E-state index contributed by atoms with van der Waals surface area (Å²) in [6.45, 7) is 6.18. The summed E-state index contributed by atoms with van der Waals surface area (Å²) in [4.78, 5) is 2.43. The largest absolute Gasteiger partial charge is 0.315 e. The summed E-state index contributed by atoms with van der Waals surface area (Å²) >= 11 is 3.19. The summed E-state index contributed by atoms with van der Waals surface area (Å²) < 4.78 is 14.0. The molecule has 2 nitrogen and oxygen atoms in total. The molecule has 1 aromatic rings. The second-order valence-electron chi connectivity index (χ2n) is 4.81. The molecule has 1 fully saturated rings. The van der Waals surface area contributed by atoms with Crippen LogP contribution in [0.3, 0.4) is 0 Å². The van der Waals surface area contributed by atoms with Crippen molar-refractivity contribution in [2.24, 2.45) is 0 Å². The number of hydrogen-bond donors (Lipinski definition) is 1. The predicted molar refractivity (Wildman–Crippen MR) is 76.1 cm³/mol. The maximum absolute atomic E-state index is 13.5. The van der Waals surface area contributed by atoms with Crippen LogP contribution in [0.15, 0.2) is 22.7 Å². The van der Waals surface area contributed by atoms with Crippen LogP contribution in [0.1, 0.15) is 25.3 Å². The number of likely N-dealkylation sites (N-methyl/N-ethyl adjacent to an activating group) is 1. The number of hydrogen-bond acceptors (Lipinski definition) is 2. The summed E-state index contributed by atoms with van der Waals surface area (Å²) in [5.41, 5.74) is 1.04. The first kappa shape index (κ1) is 14.0. The van der Waals surface area contributed by atoms with Gasteiger partial charge in [-0.2, -0.15) is 0 Å². The smallest absolute Gasteiger partial charge is 0.137 e. The van der Waals surface area contributed by atoms with Crippen LogP contribution in [0.2, 0.25) is 0 Å². The SMILES string of the molecule is CCN(Cc1ccc(Br)c(F)c1)C1CCCNC1. The fourth-order valence-electron chi connectivity index (χ4n) is 2.52. The second-order valence-corrected chi connectivity index (χ2v) is 5.67. The van der Waals surface area contributed by atoms with Crippen molar-refractivity contribution >= 4 is 15.9 Å². The monoisotopic (exact) mass is 314 g/mol. The van der Waals surface area contributed by atoms with E-state index in [-0.39, 0.29) is 5.82 Å². The van der Waals surface area contributed by atoms with Crippen molar-refractivity contribution in [1.29, 1.82) is 0 Å². The van der Waals surface area contributed by atoms with Gasteiger partial charge in [0, 0.05) is 19.1 Å². The van der Waals surface area contributed by atoms with Gasteiger partial charge in [0.15, 0.2) is 0 Å². The highest BCUT2D eigenvalue weighted by Crippen LogP contribution is 2.19. The van der Waals surface area contributed by atoms with Crippen LogP contribution in [0.25, 0.3) is 0 Å². The van der Waals surface area contributed by atoms with E-state index in [9.17, 15) is 4.39 Å². The first-order valence-corrected chi connectivity index (χ1v) is 7.38. The number of rotatable bonds is 4. The third kappa shape index (κ3) is 3.53. The molecule has 1 unspecified atom stereocenters. The molecule has 0 spiro atoms. The van der Waals surface area contributed by atoms with E-state index in [1.54, 1.807) is 12.1 Å². The molecule has 4 heteroatoms. The molecule has 18 heavy (non-hydrogen) atoms. The standard InChI is InChI=1S/C14H20BrFN2/c1-2-18(12-4-3-7-17-9-12)10-11-5-6-13(15)14(16)8-11/h5-6,8,12,17H,2-4,7,9-10H2,1H3. The molecule has 0 radical (unpaired) electrons. The minimum Gasteiger partial charge on any atom is -0.315 e. The summed E-state index contributed by atoms with van der Waals surface area (Å²) in [7, 11) is 0. The molecule has 1 N–H and O–H groups in total. The molecule has 0 aromatic heterocycles. The van der Waals surface area contributed by atoms with E-state index in [1.165, 1.54) is 12.8 Å². The molecule has 0 bridgehead atoms. The Hall–Kier alpha value is -0.450. The van der Waals surface area contributed by atoms with Crippen molar-refractivity contribution in [3.8, 4) is 0 Å². The van der Waals surface area contributed by atoms with Gasteiger partial charge in [-0.25, -0.2) is 4.39 Å². The van der Waals surface area contributed by atoms with Crippen LogP contribution >= 0.6 is 15.9 Å². The normalized spacial score (nSPS) is 20.3. The number of piperidine rings is 1. The third-order valence-electron chi connectivity index (χ3n) is 3.56. The average molecular weight is 315 g/mol.